The van der Waals surface area contributed by atoms with E-state index < -0.39 is 0 Å². The van der Waals surface area contributed by atoms with Crippen molar-refractivity contribution in [2.24, 2.45) is 11.8 Å². The van der Waals surface area contributed by atoms with E-state index in [9.17, 15) is 4.79 Å². The summed E-state index contributed by atoms with van der Waals surface area (Å²) in [6.07, 6.45) is 2.33. The molecule has 0 spiro atoms. The zero-order valence-electron chi connectivity index (χ0n) is 11.5. The maximum absolute atomic E-state index is 11.8. The first kappa shape index (κ1) is 15.4. The normalized spacial score (nSPS) is 10.5. The van der Waals surface area contributed by atoms with Crippen molar-refractivity contribution in [1.29, 1.82) is 0 Å². The van der Waals surface area contributed by atoms with Gasteiger partial charge in [0.05, 0.1) is 0 Å². The molecule has 6 nitrogen and oxygen atoms in total. The third-order valence-corrected chi connectivity index (χ3v) is 2.37. The Bertz CT molecular complexity index is 396. The second-order valence-electron chi connectivity index (χ2n) is 4.65. The standard InChI is InChI=1S/C13H22N4O2/c1-10(2)9-19-7-3-5-16-13(18)11-4-6-15-12(8-11)17-14/h4,6,8,10H,3,5,7,9,14H2,1-2H3,(H,15,17)(H,16,18). The van der Waals surface area contributed by atoms with Crippen molar-refractivity contribution in [3.05, 3.63) is 23.9 Å². The molecule has 0 aromatic carbocycles. The molecule has 4 N–H and O–H groups in total. The number of carbonyl (C=O) groups excluding carboxylic acids is 1. The minimum atomic E-state index is -0.136. The summed E-state index contributed by atoms with van der Waals surface area (Å²) in [4.78, 5) is 15.7. The highest BCUT2D eigenvalue weighted by Gasteiger charge is 2.05. The van der Waals surface area contributed by atoms with E-state index in [1.54, 1.807) is 12.1 Å². The molecule has 0 unspecified atom stereocenters. The van der Waals surface area contributed by atoms with Gasteiger partial charge in [-0.1, -0.05) is 13.8 Å². The average Bonchev–Trinajstić information content (AvgIpc) is 2.42. The summed E-state index contributed by atoms with van der Waals surface area (Å²) in [5.74, 6) is 6.10. The Morgan fingerprint density at radius 2 is 2.32 bits per heavy atom. The van der Waals surface area contributed by atoms with E-state index in [4.69, 9.17) is 10.6 Å². The van der Waals surface area contributed by atoms with E-state index >= 15 is 0 Å². The number of nitrogens with one attached hydrogen (secondary N) is 2. The summed E-state index contributed by atoms with van der Waals surface area (Å²) in [7, 11) is 0. The van der Waals surface area contributed by atoms with Gasteiger partial charge in [-0.2, -0.15) is 0 Å². The minimum Gasteiger partial charge on any atom is -0.381 e. The number of rotatable bonds is 8. The maximum atomic E-state index is 11.8. The highest BCUT2D eigenvalue weighted by Crippen LogP contribution is 2.04. The number of hydrogen-bond acceptors (Lipinski definition) is 5. The highest BCUT2D eigenvalue weighted by molar-refractivity contribution is 5.94. The average molecular weight is 266 g/mol. The Labute approximate surface area is 113 Å². The van der Waals surface area contributed by atoms with Gasteiger partial charge < -0.3 is 15.5 Å². The third kappa shape index (κ3) is 6.17. The summed E-state index contributed by atoms with van der Waals surface area (Å²) in [6, 6.07) is 3.25. The molecule has 1 heterocycles. The van der Waals surface area contributed by atoms with Gasteiger partial charge >= 0.3 is 0 Å². The molecule has 1 rings (SSSR count). The lowest BCUT2D eigenvalue weighted by atomic mass is 10.2. The predicted molar refractivity (Wildman–Crippen MR) is 74.7 cm³/mol. The molecule has 1 amide bonds. The zero-order valence-corrected chi connectivity index (χ0v) is 11.5. The lowest BCUT2D eigenvalue weighted by molar-refractivity contribution is 0.0925. The second-order valence-corrected chi connectivity index (χ2v) is 4.65. The Hall–Kier alpha value is -1.66. The van der Waals surface area contributed by atoms with Gasteiger partial charge in [0.1, 0.15) is 5.82 Å². The summed E-state index contributed by atoms with van der Waals surface area (Å²) >= 11 is 0. The van der Waals surface area contributed by atoms with Crippen molar-refractivity contribution < 1.29 is 9.53 Å². The summed E-state index contributed by atoms with van der Waals surface area (Å²) in [5.41, 5.74) is 2.94. The summed E-state index contributed by atoms with van der Waals surface area (Å²) in [6.45, 7) is 6.21. The van der Waals surface area contributed by atoms with E-state index in [1.165, 1.54) is 6.20 Å². The largest absolute Gasteiger partial charge is 0.381 e. The van der Waals surface area contributed by atoms with Crippen molar-refractivity contribution in [1.82, 2.24) is 10.3 Å². The predicted octanol–water partition coefficient (Wildman–Crippen LogP) is 1.16. The van der Waals surface area contributed by atoms with Crippen LogP contribution in [0.15, 0.2) is 18.3 Å². The molecule has 0 aliphatic heterocycles. The van der Waals surface area contributed by atoms with E-state index in [-0.39, 0.29) is 5.91 Å². The first-order chi connectivity index (χ1) is 9.13. The van der Waals surface area contributed by atoms with Crippen LogP contribution in [0.3, 0.4) is 0 Å². The number of aromatic nitrogens is 1. The fraction of sp³-hybridized carbons (Fsp3) is 0.538. The number of hydrogen-bond donors (Lipinski definition) is 3. The molecule has 0 atom stereocenters. The molecule has 6 heteroatoms. The number of pyridine rings is 1. The molecular formula is C13H22N4O2. The van der Waals surface area contributed by atoms with Crippen LogP contribution in [0, 0.1) is 5.92 Å². The molecular weight excluding hydrogens is 244 g/mol. The Morgan fingerprint density at radius 1 is 1.53 bits per heavy atom. The third-order valence-electron chi connectivity index (χ3n) is 2.37. The molecule has 106 valence electrons. The molecule has 19 heavy (non-hydrogen) atoms. The van der Waals surface area contributed by atoms with E-state index in [0.29, 0.717) is 30.5 Å². The molecule has 0 aliphatic rings. The smallest absolute Gasteiger partial charge is 0.251 e. The lowest BCUT2D eigenvalue weighted by Crippen LogP contribution is -2.25. The molecule has 0 bridgehead atoms. The fourth-order valence-electron chi connectivity index (χ4n) is 1.45. The van der Waals surface area contributed by atoms with Gasteiger partial charge in [0.15, 0.2) is 0 Å². The molecule has 1 aromatic rings. The van der Waals surface area contributed by atoms with Crippen LogP contribution in [-0.2, 0) is 4.74 Å². The number of nitrogens with two attached hydrogens (primary N) is 1. The maximum Gasteiger partial charge on any atom is 0.251 e. The lowest BCUT2D eigenvalue weighted by Gasteiger charge is -2.08. The zero-order chi connectivity index (χ0) is 14.1. The van der Waals surface area contributed by atoms with Crippen molar-refractivity contribution >= 4 is 11.7 Å². The number of anilines is 1. The number of carbonyl (C=O) groups is 1. The molecule has 0 fully saturated rings. The van der Waals surface area contributed by atoms with Gasteiger partial charge in [0, 0.05) is 31.5 Å². The quantitative estimate of drug-likeness (QED) is 0.373. The molecule has 0 saturated carbocycles. The Balaban J connectivity index is 2.23. The first-order valence-corrected chi connectivity index (χ1v) is 6.42. The first-order valence-electron chi connectivity index (χ1n) is 6.42. The van der Waals surface area contributed by atoms with Crippen LogP contribution in [-0.4, -0.2) is 30.6 Å². The molecule has 0 radical (unpaired) electrons. The van der Waals surface area contributed by atoms with E-state index in [0.717, 1.165) is 13.0 Å². The van der Waals surface area contributed by atoms with Crippen molar-refractivity contribution in [2.75, 3.05) is 25.2 Å². The van der Waals surface area contributed by atoms with Gasteiger partial charge in [-0.25, -0.2) is 10.8 Å². The van der Waals surface area contributed by atoms with Crippen LogP contribution in [0.4, 0.5) is 5.82 Å². The topological polar surface area (TPSA) is 89.3 Å². The number of nitrogen functional groups attached to an aromatic ring is 1. The molecule has 0 aliphatic carbocycles. The molecule has 0 saturated heterocycles. The van der Waals surface area contributed by atoms with Gasteiger partial charge in [-0.3, -0.25) is 4.79 Å². The van der Waals surface area contributed by atoms with E-state index in [1.807, 2.05) is 0 Å². The number of amides is 1. The second kappa shape index (κ2) is 8.44. The number of nitrogens with zero attached hydrogens (tertiary/aromatic N) is 1. The van der Waals surface area contributed by atoms with Crippen LogP contribution < -0.4 is 16.6 Å². The Morgan fingerprint density at radius 3 is 3.00 bits per heavy atom. The summed E-state index contributed by atoms with van der Waals surface area (Å²) in [5, 5.41) is 2.82. The van der Waals surface area contributed by atoms with Gasteiger partial charge in [-0.15, -0.1) is 0 Å². The van der Waals surface area contributed by atoms with Gasteiger partial charge in [-0.05, 0) is 24.5 Å². The van der Waals surface area contributed by atoms with Crippen LogP contribution in [0.1, 0.15) is 30.6 Å². The van der Waals surface area contributed by atoms with E-state index in [2.05, 4.69) is 29.6 Å². The minimum absolute atomic E-state index is 0.136. The molecule has 1 aromatic heterocycles. The van der Waals surface area contributed by atoms with Crippen LogP contribution >= 0.6 is 0 Å². The van der Waals surface area contributed by atoms with Crippen LogP contribution in [0.5, 0.6) is 0 Å². The van der Waals surface area contributed by atoms with Gasteiger partial charge in [0.25, 0.3) is 5.91 Å². The Kier molecular flexibility index (Phi) is 6.84. The van der Waals surface area contributed by atoms with Crippen molar-refractivity contribution in [3.63, 3.8) is 0 Å². The SMILES string of the molecule is CC(C)COCCCNC(=O)c1ccnc(NN)c1. The highest BCUT2D eigenvalue weighted by atomic mass is 16.5. The number of ether oxygens (including phenoxy) is 1. The fourth-order valence-corrected chi connectivity index (χ4v) is 1.45. The van der Waals surface area contributed by atoms with Gasteiger partial charge in [0.2, 0.25) is 0 Å². The summed E-state index contributed by atoms with van der Waals surface area (Å²) < 4.78 is 5.43. The van der Waals surface area contributed by atoms with Crippen LogP contribution in [0.2, 0.25) is 0 Å². The van der Waals surface area contributed by atoms with Crippen molar-refractivity contribution in [3.8, 4) is 0 Å². The van der Waals surface area contributed by atoms with Crippen LogP contribution in [0.25, 0.3) is 0 Å². The monoisotopic (exact) mass is 266 g/mol. The number of hydrazine groups is 1. The van der Waals surface area contributed by atoms with Crippen molar-refractivity contribution in [2.45, 2.75) is 20.3 Å².